The van der Waals surface area contributed by atoms with Crippen LogP contribution in [0.25, 0.3) is 0 Å². The highest BCUT2D eigenvalue weighted by Gasteiger charge is 2.40. The van der Waals surface area contributed by atoms with Crippen molar-refractivity contribution in [1.82, 2.24) is 15.5 Å². The van der Waals surface area contributed by atoms with E-state index < -0.39 is 0 Å². The Bertz CT molecular complexity index is 407. The standard InChI is InChI=1S/C16H29N3O2/c1-4-9-13(17-5-2)12-14-18-15(19-21-14)16(20-6-3)10-7-8-11-16/h13,17H,4-12H2,1-3H3. The van der Waals surface area contributed by atoms with Crippen LogP contribution in [0, 0.1) is 0 Å². The molecule has 1 saturated carbocycles. The van der Waals surface area contributed by atoms with Gasteiger partial charge in [0.15, 0.2) is 0 Å². The lowest BCUT2D eigenvalue weighted by molar-refractivity contribution is -0.0469. The van der Waals surface area contributed by atoms with E-state index in [9.17, 15) is 0 Å². The van der Waals surface area contributed by atoms with E-state index in [1.54, 1.807) is 0 Å². The first-order chi connectivity index (χ1) is 10.2. The molecule has 1 aromatic rings. The third-order valence-corrected chi connectivity index (χ3v) is 4.26. The van der Waals surface area contributed by atoms with Crippen LogP contribution in [-0.2, 0) is 16.8 Å². The Kier molecular flexibility index (Phi) is 6.18. The van der Waals surface area contributed by atoms with Gasteiger partial charge in [0.05, 0.1) is 0 Å². The van der Waals surface area contributed by atoms with Crippen molar-refractivity contribution in [2.45, 2.75) is 77.4 Å². The van der Waals surface area contributed by atoms with Crippen molar-refractivity contribution in [3.8, 4) is 0 Å². The zero-order valence-electron chi connectivity index (χ0n) is 13.7. The van der Waals surface area contributed by atoms with Crippen molar-refractivity contribution in [2.24, 2.45) is 0 Å². The van der Waals surface area contributed by atoms with Gasteiger partial charge in [0.1, 0.15) is 5.60 Å². The summed E-state index contributed by atoms with van der Waals surface area (Å²) in [7, 11) is 0. The van der Waals surface area contributed by atoms with Crippen LogP contribution >= 0.6 is 0 Å². The highest BCUT2D eigenvalue weighted by molar-refractivity contribution is 5.05. The van der Waals surface area contributed by atoms with Gasteiger partial charge in [0.2, 0.25) is 11.7 Å². The van der Waals surface area contributed by atoms with Gasteiger partial charge in [-0.05, 0) is 45.6 Å². The Morgan fingerprint density at radius 1 is 1.29 bits per heavy atom. The van der Waals surface area contributed by atoms with Crippen LogP contribution in [0.15, 0.2) is 4.52 Å². The minimum atomic E-state index is -0.297. The van der Waals surface area contributed by atoms with E-state index in [-0.39, 0.29) is 5.60 Å². The Labute approximate surface area is 127 Å². The van der Waals surface area contributed by atoms with Gasteiger partial charge in [-0.3, -0.25) is 0 Å². The summed E-state index contributed by atoms with van der Waals surface area (Å²) < 4.78 is 11.5. The van der Waals surface area contributed by atoms with Crippen molar-refractivity contribution in [2.75, 3.05) is 13.2 Å². The molecule has 1 N–H and O–H groups in total. The highest BCUT2D eigenvalue weighted by atomic mass is 16.5. The number of hydrogen-bond acceptors (Lipinski definition) is 5. The highest BCUT2D eigenvalue weighted by Crippen LogP contribution is 2.40. The summed E-state index contributed by atoms with van der Waals surface area (Å²) in [5.74, 6) is 1.49. The molecule has 1 atom stereocenters. The first kappa shape index (κ1) is 16.4. The van der Waals surface area contributed by atoms with E-state index in [0.29, 0.717) is 12.6 Å². The van der Waals surface area contributed by atoms with Crippen LogP contribution in [0.5, 0.6) is 0 Å². The molecule has 120 valence electrons. The van der Waals surface area contributed by atoms with E-state index in [4.69, 9.17) is 9.26 Å². The van der Waals surface area contributed by atoms with Crippen molar-refractivity contribution >= 4 is 0 Å². The van der Waals surface area contributed by atoms with Gasteiger partial charge in [-0.1, -0.05) is 25.4 Å². The zero-order chi connectivity index (χ0) is 15.1. The normalized spacial score (nSPS) is 19.0. The number of nitrogens with one attached hydrogen (secondary N) is 1. The Hall–Kier alpha value is -0.940. The lowest BCUT2D eigenvalue weighted by atomic mass is 10.0. The number of likely N-dealkylation sites (N-methyl/N-ethyl adjacent to an activating group) is 1. The molecule has 21 heavy (non-hydrogen) atoms. The molecule has 5 nitrogen and oxygen atoms in total. The summed E-state index contributed by atoms with van der Waals surface area (Å²) in [5.41, 5.74) is -0.297. The lowest BCUT2D eigenvalue weighted by Crippen LogP contribution is -2.31. The predicted molar refractivity (Wildman–Crippen MR) is 82.1 cm³/mol. The number of aromatic nitrogens is 2. The summed E-state index contributed by atoms with van der Waals surface area (Å²) in [6.45, 7) is 8.02. The first-order valence-corrected chi connectivity index (χ1v) is 8.44. The topological polar surface area (TPSA) is 60.2 Å². The molecule has 1 unspecified atom stereocenters. The Morgan fingerprint density at radius 2 is 2.05 bits per heavy atom. The molecule has 0 radical (unpaired) electrons. The SMILES string of the molecule is CCCC(Cc1nc(C2(OCC)CCCC2)no1)NCC. The van der Waals surface area contributed by atoms with Gasteiger partial charge >= 0.3 is 0 Å². The molecule has 1 fully saturated rings. The number of rotatable bonds is 9. The second-order valence-electron chi connectivity index (χ2n) is 5.89. The van der Waals surface area contributed by atoms with Crippen LogP contribution < -0.4 is 5.32 Å². The Morgan fingerprint density at radius 3 is 2.67 bits per heavy atom. The van der Waals surface area contributed by atoms with Crippen molar-refractivity contribution in [3.63, 3.8) is 0 Å². The third-order valence-electron chi connectivity index (χ3n) is 4.26. The van der Waals surface area contributed by atoms with Gasteiger partial charge in [-0.2, -0.15) is 4.98 Å². The van der Waals surface area contributed by atoms with Crippen LogP contribution in [0.3, 0.4) is 0 Å². The predicted octanol–water partition coefficient (Wildman–Crippen LogP) is 3.20. The second kappa shape index (κ2) is 7.90. The molecule has 1 aliphatic rings. The molecule has 2 rings (SSSR count). The fourth-order valence-corrected chi connectivity index (χ4v) is 3.30. The van der Waals surface area contributed by atoms with Crippen molar-refractivity contribution in [3.05, 3.63) is 11.7 Å². The molecular formula is C16H29N3O2. The summed E-state index contributed by atoms with van der Waals surface area (Å²) >= 11 is 0. The van der Waals surface area contributed by atoms with Gasteiger partial charge in [0, 0.05) is 19.1 Å². The molecule has 0 spiro atoms. The average Bonchev–Trinajstić information content (AvgIpc) is 3.10. The number of nitrogens with zero attached hydrogens (tertiary/aromatic N) is 2. The molecule has 0 aliphatic heterocycles. The summed E-state index contributed by atoms with van der Waals surface area (Å²) in [6, 6.07) is 0.417. The molecule has 0 aromatic carbocycles. The van der Waals surface area contributed by atoms with Crippen LogP contribution in [0.4, 0.5) is 0 Å². The molecule has 0 amide bonds. The first-order valence-electron chi connectivity index (χ1n) is 8.44. The fraction of sp³-hybridized carbons (Fsp3) is 0.875. The molecule has 1 heterocycles. The van der Waals surface area contributed by atoms with Gasteiger partial charge in [0.25, 0.3) is 0 Å². The lowest BCUT2D eigenvalue weighted by Gasteiger charge is -2.24. The minimum absolute atomic E-state index is 0.297. The van der Waals surface area contributed by atoms with Crippen LogP contribution in [-0.4, -0.2) is 29.3 Å². The Balaban J connectivity index is 2.05. The van der Waals surface area contributed by atoms with Gasteiger partial charge in [-0.15, -0.1) is 0 Å². The maximum atomic E-state index is 5.99. The summed E-state index contributed by atoms with van der Waals surface area (Å²) in [6.07, 6.45) is 7.46. The second-order valence-corrected chi connectivity index (χ2v) is 5.89. The third kappa shape index (κ3) is 4.04. The molecule has 1 aromatic heterocycles. The monoisotopic (exact) mass is 295 g/mol. The van der Waals surface area contributed by atoms with E-state index >= 15 is 0 Å². The van der Waals surface area contributed by atoms with Gasteiger partial charge in [-0.25, -0.2) is 0 Å². The molecule has 1 aliphatic carbocycles. The molecule has 0 saturated heterocycles. The molecular weight excluding hydrogens is 266 g/mol. The van der Waals surface area contributed by atoms with E-state index in [1.807, 2.05) is 6.92 Å². The number of ether oxygens (including phenoxy) is 1. The van der Waals surface area contributed by atoms with E-state index in [2.05, 4.69) is 29.3 Å². The van der Waals surface area contributed by atoms with E-state index in [1.165, 1.54) is 12.8 Å². The van der Waals surface area contributed by atoms with E-state index in [0.717, 1.165) is 50.4 Å². The van der Waals surface area contributed by atoms with Crippen molar-refractivity contribution < 1.29 is 9.26 Å². The molecule has 5 heteroatoms. The fourth-order valence-electron chi connectivity index (χ4n) is 3.30. The van der Waals surface area contributed by atoms with Crippen LogP contribution in [0.2, 0.25) is 0 Å². The van der Waals surface area contributed by atoms with Gasteiger partial charge < -0.3 is 14.6 Å². The van der Waals surface area contributed by atoms with Crippen LogP contribution in [0.1, 0.15) is 71.0 Å². The van der Waals surface area contributed by atoms with Crippen molar-refractivity contribution in [1.29, 1.82) is 0 Å². The largest absolute Gasteiger partial charge is 0.367 e. The minimum Gasteiger partial charge on any atom is -0.367 e. The summed E-state index contributed by atoms with van der Waals surface area (Å²) in [5, 5.41) is 7.71. The smallest absolute Gasteiger partial charge is 0.228 e. The maximum Gasteiger partial charge on any atom is 0.228 e. The quantitative estimate of drug-likeness (QED) is 0.758. The molecule has 0 bridgehead atoms. The maximum absolute atomic E-state index is 5.99. The summed E-state index contributed by atoms with van der Waals surface area (Å²) in [4.78, 5) is 4.64. The number of hydrogen-bond donors (Lipinski definition) is 1. The zero-order valence-corrected chi connectivity index (χ0v) is 13.7. The average molecular weight is 295 g/mol.